The maximum absolute atomic E-state index is 12.0. The molecule has 0 aromatic carbocycles. The first-order chi connectivity index (χ1) is 7.84. The summed E-state index contributed by atoms with van der Waals surface area (Å²) in [7, 11) is 0. The maximum Gasteiger partial charge on any atom is 0.311 e. The molecule has 98 valence electrons. The number of nitrogens with zero attached hydrogens (tertiary/aromatic N) is 1. The van der Waals surface area contributed by atoms with E-state index in [0.29, 0.717) is 19.4 Å². The van der Waals surface area contributed by atoms with Crippen molar-refractivity contribution in [1.82, 2.24) is 4.90 Å². The number of rotatable bonds is 4. The highest BCUT2D eigenvalue weighted by Crippen LogP contribution is 2.34. The zero-order chi connectivity index (χ0) is 13.2. The van der Waals surface area contributed by atoms with Crippen LogP contribution >= 0.6 is 0 Å². The van der Waals surface area contributed by atoms with Crippen LogP contribution in [-0.2, 0) is 9.59 Å². The quantitative estimate of drug-likeness (QED) is 0.759. The molecule has 5 nitrogen and oxygen atoms in total. The smallest absolute Gasteiger partial charge is 0.311 e. The largest absolute Gasteiger partial charge is 0.481 e. The van der Waals surface area contributed by atoms with Gasteiger partial charge in [0.1, 0.15) is 0 Å². The molecule has 1 amide bonds. The van der Waals surface area contributed by atoms with Gasteiger partial charge in [0.25, 0.3) is 0 Å². The lowest BCUT2D eigenvalue weighted by Gasteiger charge is -2.26. The lowest BCUT2D eigenvalue weighted by Crippen LogP contribution is -2.47. The zero-order valence-electron chi connectivity index (χ0n) is 10.8. The van der Waals surface area contributed by atoms with Crippen LogP contribution in [0.2, 0.25) is 0 Å². The molecule has 17 heavy (non-hydrogen) atoms. The van der Waals surface area contributed by atoms with Crippen molar-refractivity contribution in [3.8, 4) is 0 Å². The summed E-state index contributed by atoms with van der Waals surface area (Å²) in [6, 6.07) is -0.531. The third-order valence-electron chi connectivity index (χ3n) is 3.80. The van der Waals surface area contributed by atoms with E-state index >= 15 is 0 Å². The van der Waals surface area contributed by atoms with Crippen molar-refractivity contribution in [1.29, 1.82) is 0 Å². The first-order valence-electron chi connectivity index (χ1n) is 6.12. The van der Waals surface area contributed by atoms with Crippen LogP contribution in [0.15, 0.2) is 0 Å². The van der Waals surface area contributed by atoms with Crippen molar-refractivity contribution in [2.24, 2.45) is 17.1 Å². The van der Waals surface area contributed by atoms with Crippen molar-refractivity contribution in [3.63, 3.8) is 0 Å². The fourth-order valence-electron chi connectivity index (χ4n) is 2.17. The Kier molecular flexibility index (Phi) is 4.14. The van der Waals surface area contributed by atoms with Crippen LogP contribution in [0.4, 0.5) is 0 Å². The predicted octanol–water partition coefficient (Wildman–Crippen LogP) is 0.683. The van der Waals surface area contributed by atoms with Crippen LogP contribution in [0, 0.1) is 11.3 Å². The molecule has 0 bridgehead atoms. The molecule has 1 saturated heterocycles. The Bertz CT molecular complexity index is 317. The molecule has 2 atom stereocenters. The third kappa shape index (κ3) is 2.60. The van der Waals surface area contributed by atoms with Gasteiger partial charge in [0.15, 0.2) is 0 Å². The summed E-state index contributed by atoms with van der Waals surface area (Å²) in [5.74, 6) is -0.867. The van der Waals surface area contributed by atoms with Crippen LogP contribution in [0.5, 0.6) is 0 Å². The summed E-state index contributed by atoms with van der Waals surface area (Å²) in [6.45, 7) is 6.42. The Balaban J connectivity index is 2.73. The minimum absolute atomic E-state index is 0.0731. The summed E-state index contributed by atoms with van der Waals surface area (Å²) in [5, 5.41) is 9.24. The van der Waals surface area contributed by atoms with E-state index in [1.165, 1.54) is 0 Å². The molecule has 0 radical (unpaired) electrons. The number of aliphatic carboxylic acids is 1. The van der Waals surface area contributed by atoms with Gasteiger partial charge in [0.05, 0.1) is 11.5 Å². The SMILES string of the molecule is CCC1(C(=O)O)CCN(C(=O)C(N)C(C)C)C1. The van der Waals surface area contributed by atoms with Crippen LogP contribution < -0.4 is 5.73 Å². The molecule has 1 aliphatic rings. The van der Waals surface area contributed by atoms with Crippen molar-refractivity contribution in [2.45, 2.75) is 39.7 Å². The van der Waals surface area contributed by atoms with E-state index in [-0.39, 0.29) is 18.4 Å². The summed E-state index contributed by atoms with van der Waals surface area (Å²) < 4.78 is 0. The highest BCUT2D eigenvalue weighted by molar-refractivity contribution is 5.84. The third-order valence-corrected chi connectivity index (χ3v) is 3.80. The molecule has 0 aliphatic carbocycles. The number of carbonyl (C=O) groups excluding carboxylic acids is 1. The second kappa shape index (κ2) is 5.04. The van der Waals surface area contributed by atoms with Crippen molar-refractivity contribution in [2.75, 3.05) is 13.1 Å². The molecular formula is C12H22N2O3. The van der Waals surface area contributed by atoms with Crippen LogP contribution in [0.25, 0.3) is 0 Å². The summed E-state index contributed by atoms with van der Waals surface area (Å²) >= 11 is 0. The Morgan fingerprint density at radius 1 is 1.47 bits per heavy atom. The van der Waals surface area contributed by atoms with E-state index in [2.05, 4.69) is 0 Å². The van der Waals surface area contributed by atoms with Gasteiger partial charge < -0.3 is 15.7 Å². The van der Waals surface area contributed by atoms with E-state index in [1.54, 1.807) is 4.90 Å². The zero-order valence-corrected chi connectivity index (χ0v) is 10.8. The van der Waals surface area contributed by atoms with Gasteiger partial charge in [-0.15, -0.1) is 0 Å². The summed E-state index contributed by atoms with van der Waals surface area (Å²) in [5.41, 5.74) is 5.04. The molecule has 1 aliphatic heterocycles. The second-order valence-corrected chi connectivity index (χ2v) is 5.22. The number of amides is 1. The van der Waals surface area contributed by atoms with Crippen molar-refractivity contribution in [3.05, 3.63) is 0 Å². The van der Waals surface area contributed by atoms with Gasteiger partial charge in [-0.1, -0.05) is 20.8 Å². The number of hydrogen-bond donors (Lipinski definition) is 2. The predicted molar refractivity (Wildman–Crippen MR) is 64.4 cm³/mol. The molecule has 2 unspecified atom stereocenters. The summed E-state index contributed by atoms with van der Waals surface area (Å²) in [6.07, 6.45) is 1.07. The highest BCUT2D eigenvalue weighted by Gasteiger charge is 2.45. The molecule has 1 rings (SSSR count). The minimum atomic E-state index is -0.812. The van der Waals surface area contributed by atoms with Gasteiger partial charge in [0.2, 0.25) is 5.91 Å². The number of carbonyl (C=O) groups is 2. The lowest BCUT2D eigenvalue weighted by molar-refractivity contribution is -0.148. The molecule has 5 heteroatoms. The Hall–Kier alpha value is -1.10. The van der Waals surface area contributed by atoms with Gasteiger partial charge in [-0.2, -0.15) is 0 Å². The lowest BCUT2D eigenvalue weighted by atomic mass is 9.84. The van der Waals surface area contributed by atoms with E-state index in [0.717, 1.165) is 0 Å². The number of nitrogens with two attached hydrogens (primary N) is 1. The highest BCUT2D eigenvalue weighted by atomic mass is 16.4. The number of carboxylic acid groups (broad SMARTS) is 1. The first-order valence-corrected chi connectivity index (χ1v) is 6.12. The van der Waals surface area contributed by atoms with E-state index in [9.17, 15) is 14.7 Å². The van der Waals surface area contributed by atoms with E-state index < -0.39 is 17.4 Å². The molecule has 0 aromatic heterocycles. The molecule has 1 fully saturated rings. The fraction of sp³-hybridized carbons (Fsp3) is 0.833. The average Bonchev–Trinajstić information content (AvgIpc) is 2.72. The van der Waals surface area contributed by atoms with E-state index in [1.807, 2.05) is 20.8 Å². The Morgan fingerprint density at radius 3 is 2.41 bits per heavy atom. The molecule has 0 saturated carbocycles. The fourth-order valence-corrected chi connectivity index (χ4v) is 2.17. The van der Waals surface area contributed by atoms with Crippen LogP contribution in [0.1, 0.15) is 33.6 Å². The number of hydrogen-bond acceptors (Lipinski definition) is 3. The first kappa shape index (κ1) is 14.0. The molecule has 1 heterocycles. The minimum Gasteiger partial charge on any atom is -0.481 e. The van der Waals surface area contributed by atoms with E-state index in [4.69, 9.17) is 5.73 Å². The Labute approximate surface area is 102 Å². The van der Waals surface area contributed by atoms with Gasteiger partial charge in [-0.05, 0) is 18.8 Å². The van der Waals surface area contributed by atoms with Crippen LogP contribution in [0.3, 0.4) is 0 Å². The second-order valence-electron chi connectivity index (χ2n) is 5.22. The molecule has 0 spiro atoms. The van der Waals surface area contributed by atoms with Crippen molar-refractivity contribution < 1.29 is 14.7 Å². The topological polar surface area (TPSA) is 83.6 Å². The number of carboxylic acids is 1. The van der Waals surface area contributed by atoms with Gasteiger partial charge >= 0.3 is 5.97 Å². The maximum atomic E-state index is 12.0. The van der Waals surface area contributed by atoms with Gasteiger partial charge in [-0.25, -0.2) is 0 Å². The van der Waals surface area contributed by atoms with Crippen LogP contribution in [-0.4, -0.2) is 41.0 Å². The average molecular weight is 242 g/mol. The Morgan fingerprint density at radius 2 is 2.06 bits per heavy atom. The van der Waals surface area contributed by atoms with Crippen molar-refractivity contribution >= 4 is 11.9 Å². The normalized spacial score (nSPS) is 26.3. The molecule has 0 aromatic rings. The summed E-state index contributed by atoms with van der Waals surface area (Å²) in [4.78, 5) is 24.9. The van der Waals surface area contributed by atoms with Gasteiger partial charge in [0, 0.05) is 13.1 Å². The molecular weight excluding hydrogens is 220 g/mol. The standard InChI is InChI=1S/C12H22N2O3/c1-4-12(11(16)17)5-6-14(7-12)10(15)9(13)8(2)3/h8-9H,4-7,13H2,1-3H3,(H,16,17). The number of likely N-dealkylation sites (tertiary alicyclic amines) is 1. The van der Waals surface area contributed by atoms with Gasteiger partial charge in [-0.3, -0.25) is 9.59 Å². The molecule has 3 N–H and O–H groups in total. The monoisotopic (exact) mass is 242 g/mol.